The number of aliphatic imine (C=N–C) groups is 1. The van der Waals surface area contributed by atoms with Gasteiger partial charge in [-0.1, -0.05) is 30.3 Å². The minimum absolute atomic E-state index is 0. The van der Waals surface area contributed by atoms with Crippen LogP contribution in [0.1, 0.15) is 38.2 Å². The van der Waals surface area contributed by atoms with E-state index in [-0.39, 0.29) is 35.9 Å². The summed E-state index contributed by atoms with van der Waals surface area (Å²) in [5.74, 6) is 0.689. The van der Waals surface area contributed by atoms with Gasteiger partial charge in [-0.2, -0.15) is 0 Å². The van der Waals surface area contributed by atoms with E-state index >= 15 is 0 Å². The second-order valence-electron chi connectivity index (χ2n) is 7.76. The third-order valence-corrected chi connectivity index (χ3v) is 8.00. The molecule has 1 aromatic rings. The fourth-order valence-electron chi connectivity index (χ4n) is 3.72. The van der Waals surface area contributed by atoms with E-state index in [1.807, 2.05) is 13.0 Å². The molecule has 1 aromatic carbocycles. The lowest BCUT2D eigenvalue weighted by Crippen LogP contribution is -2.48. The number of sulfone groups is 1. The Balaban J connectivity index is 0.00000280. The van der Waals surface area contributed by atoms with Gasteiger partial charge in [0.25, 0.3) is 0 Å². The zero-order valence-electron chi connectivity index (χ0n) is 16.7. The first-order valence-corrected chi connectivity index (χ1v) is 11.7. The van der Waals surface area contributed by atoms with Gasteiger partial charge in [-0.05, 0) is 38.2 Å². The fourth-order valence-corrected chi connectivity index (χ4v) is 4.92. The summed E-state index contributed by atoms with van der Waals surface area (Å²) in [5, 5.41) is 6.70. The first-order chi connectivity index (χ1) is 12.9. The summed E-state index contributed by atoms with van der Waals surface area (Å²) in [6.45, 7) is 4.77. The predicted molar refractivity (Wildman–Crippen MR) is 124 cm³/mol. The van der Waals surface area contributed by atoms with Gasteiger partial charge in [0.2, 0.25) is 0 Å². The second-order valence-corrected chi connectivity index (χ2v) is 10.2. The average molecular weight is 521 g/mol. The highest BCUT2D eigenvalue weighted by Gasteiger charge is 2.44. The zero-order chi connectivity index (χ0) is 19.4. The number of benzene rings is 1. The van der Waals surface area contributed by atoms with Gasteiger partial charge in [0.05, 0.1) is 11.3 Å². The Labute approximate surface area is 185 Å². The van der Waals surface area contributed by atoms with Gasteiger partial charge < -0.3 is 15.4 Å². The number of ether oxygens (including phenoxy) is 1. The lowest BCUT2D eigenvalue weighted by molar-refractivity contribution is 0.0768. The van der Waals surface area contributed by atoms with Crippen LogP contribution < -0.4 is 10.6 Å². The Hall–Kier alpha value is -0.870. The van der Waals surface area contributed by atoms with Gasteiger partial charge in [0, 0.05) is 38.0 Å². The van der Waals surface area contributed by atoms with E-state index in [0.29, 0.717) is 32.0 Å². The molecule has 0 radical (unpaired) electrons. The molecule has 2 N–H and O–H groups in total. The fraction of sp³-hybridized carbons (Fsp3) is 0.650. The Kier molecular flexibility index (Phi) is 8.16. The zero-order valence-corrected chi connectivity index (χ0v) is 19.9. The van der Waals surface area contributed by atoms with Crippen LogP contribution in [-0.2, 0) is 20.0 Å². The van der Waals surface area contributed by atoms with Gasteiger partial charge in [0.1, 0.15) is 0 Å². The molecule has 6 nitrogen and oxygen atoms in total. The molecule has 1 saturated carbocycles. The molecule has 8 heteroatoms. The van der Waals surface area contributed by atoms with Crippen LogP contribution in [0.3, 0.4) is 0 Å². The summed E-state index contributed by atoms with van der Waals surface area (Å²) in [6.07, 6.45) is 4.65. The number of guanidine groups is 1. The molecule has 1 saturated heterocycles. The van der Waals surface area contributed by atoms with Crippen LogP contribution >= 0.6 is 24.0 Å². The molecule has 3 rings (SSSR count). The molecule has 1 heterocycles. The molecule has 0 amide bonds. The Morgan fingerprint density at radius 1 is 1.11 bits per heavy atom. The molecule has 2 fully saturated rings. The maximum Gasteiger partial charge on any atom is 0.191 e. The predicted octanol–water partition coefficient (Wildman–Crippen LogP) is 2.49. The molecular weight excluding hydrogens is 489 g/mol. The molecule has 0 spiro atoms. The summed E-state index contributed by atoms with van der Waals surface area (Å²) in [6, 6.07) is 10.6. The van der Waals surface area contributed by atoms with Crippen molar-refractivity contribution in [3.8, 4) is 0 Å². The number of nitrogens with one attached hydrogen (secondary N) is 2. The SMILES string of the molecule is CCNC(=NCC1(S(C)(=O)=O)CCOCC1)NCC1(c2ccccc2)CC1.I. The molecule has 28 heavy (non-hydrogen) atoms. The summed E-state index contributed by atoms with van der Waals surface area (Å²) in [4.78, 5) is 4.66. The first-order valence-electron chi connectivity index (χ1n) is 9.76. The maximum absolute atomic E-state index is 12.4. The molecule has 1 aliphatic heterocycles. The van der Waals surface area contributed by atoms with E-state index < -0.39 is 14.6 Å². The van der Waals surface area contributed by atoms with Crippen molar-refractivity contribution in [2.75, 3.05) is 39.1 Å². The van der Waals surface area contributed by atoms with Crippen molar-refractivity contribution in [3.63, 3.8) is 0 Å². The maximum atomic E-state index is 12.4. The minimum atomic E-state index is -3.21. The molecule has 2 aliphatic rings. The van der Waals surface area contributed by atoms with E-state index in [1.54, 1.807) is 0 Å². The van der Waals surface area contributed by atoms with E-state index in [1.165, 1.54) is 11.8 Å². The van der Waals surface area contributed by atoms with Crippen molar-refractivity contribution in [1.29, 1.82) is 0 Å². The van der Waals surface area contributed by atoms with Gasteiger partial charge in [-0.15, -0.1) is 24.0 Å². The van der Waals surface area contributed by atoms with Crippen molar-refractivity contribution in [2.24, 2.45) is 4.99 Å². The lowest BCUT2D eigenvalue weighted by atomic mass is 9.96. The average Bonchev–Trinajstić information content (AvgIpc) is 3.46. The Bertz CT molecular complexity index is 758. The minimum Gasteiger partial charge on any atom is -0.381 e. The van der Waals surface area contributed by atoms with Crippen LogP contribution in [0.25, 0.3) is 0 Å². The number of nitrogens with zero attached hydrogens (tertiary/aromatic N) is 1. The largest absolute Gasteiger partial charge is 0.381 e. The van der Waals surface area contributed by atoms with E-state index in [4.69, 9.17) is 4.74 Å². The number of hydrogen-bond donors (Lipinski definition) is 2. The Morgan fingerprint density at radius 2 is 1.75 bits per heavy atom. The lowest BCUT2D eigenvalue weighted by Gasteiger charge is -2.34. The van der Waals surface area contributed by atoms with Crippen LogP contribution in [0.5, 0.6) is 0 Å². The Morgan fingerprint density at radius 3 is 2.29 bits per heavy atom. The molecule has 0 bridgehead atoms. The summed E-state index contributed by atoms with van der Waals surface area (Å²) >= 11 is 0. The molecule has 0 unspecified atom stereocenters. The molecule has 0 atom stereocenters. The van der Waals surface area contributed by atoms with Crippen LogP contribution in [0.15, 0.2) is 35.3 Å². The molecule has 0 aromatic heterocycles. The van der Waals surface area contributed by atoms with Crippen molar-refractivity contribution < 1.29 is 13.2 Å². The summed E-state index contributed by atoms with van der Waals surface area (Å²) < 4.78 is 29.4. The second kappa shape index (κ2) is 9.75. The van der Waals surface area contributed by atoms with E-state index in [9.17, 15) is 8.42 Å². The topological polar surface area (TPSA) is 79.8 Å². The summed E-state index contributed by atoms with van der Waals surface area (Å²) in [7, 11) is -3.21. The normalized spacial score (nSPS) is 20.7. The van der Waals surface area contributed by atoms with E-state index in [0.717, 1.165) is 25.9 Å². The number of halogens is 1. The van der Waals surface area contributed by atoms with Crippen molar-refractivity contribution in [1.82, 2.24) is 10.6 Å². The van der Waals surface area contributed by atoms with Gasteiger partial charge in [0.15, 0.2) is 15.8 Å². The molecular formula is C20H32IN3O3S. The van der Waals surface area contributed by atoms with Crippen molar-refractivity contribution >= 4 is 39.8 Å². The number of hydrogen-bond acceptors (Lipinski definition) is 4. The van der Waals surface area contributed by atoms with Crippen LogP contribution in [0, 0.1) is 0 Å². The molecule has 1 aliphatic carbocycles. The number of rotatable bonds is 7. The first kappa shape index (κ1) is 23.4. The standard InChI is InChI=1S/C20H31N3O3S.HI/c1-3-21-18(22-15-19(9-10-19)17-7-5-4-6-8-17)23-16-20(27(2,24)25)11-13-26-14-12-20;/h4-8H,3,9-16H2,1-2H3,(H2,21,22,23);1H. The third kappa shape index (κ3) is 5.38. The van der Waals surface area contributed by atoms with Gasteiger partial charge in [-0.3, -0.25) is 4.99 Å². The highest BCUT2D eigenvalue weighted by Crippen LogP contribution is 2.47. The highest BCUT2D eigenvalue weighted by molar-refractivity contribution is 14.0. The smallest absolute Gasteiger partial charge is 0.191 e. The van der Waals surface area contributed by atoms with Gasteiger partial charge in [-0.25, -0.2) is 8.42 Å². The summed E-state index contributed by atoms with van der Waals surface area (Å²) in [5.41, 5.74) is 1.52. The quantitative estimate of drug-likeness (QED) is 0.328. The molecule has 158 valence electrons. The van der Waals surface area contributed by atoms with E-state index in [2.05, 4.69) is 39.9 Å². The highest BCUT2D eigenvalue weighted by atomic mass is 127. The van der Waals surface area contributed by atoms with Crippen molar-refractivity contribution in [2.45, 2.75) is 42.8 Å². The van der Waals surface area contributed by atoms with Crippen LogP contribution in [-0.4, -0.2) is 58.2 Å². The van der Waals surface area contributed by atoms with Gasteiger partial charge >= 0.3 is 0 Å². The van der Waals surface area contributed by atoms with Crippen LogP contribution in [0.2, 0.25) is 0 Å². The monoisotopic (exact) mass is 521 g/mol. The third-order valence-electron chi connectivity index (χ3n) is 5.89. The van der Waals surface area contributed by atoms with Crippen LogP contribution in [0.4, 0.5) is 0 Å². The van der Waals surface area contributed by atoms with Crippen molar-refractivity contribution in [3.05, 3.63) is 35.9 Å².